The van der Waals surface area contributed by atoms with Gasteiger partial charge in [-0.05, 0) is 18.4 Å². The van der Waals surface area contributed by atoms with Crippen LogP contribution in [0.5, 0.6) is 0 Å². The summed E-state index contributed by atoms with van der Waals surface area (Å²) in [5.74, 6) is 0.298. The molecule has 1 fully saturated rings. The number of hydrogen-bond acceptors (Lipinski definition) is 6. The smallest absolute Gasteiger partial charge is 0.273 e. The van der Waals surface area contributed by atoms with Gasteiger partial charge in [-0.15, -0.1) is 23.7 Å². The van der Waals surface area contributed by atoms with Gasteiger partial charge < -0.3 is 20.3 Å². The second-order valence-electron chi connectivity index (χ2n) is 8.15. The summed E-state index contributed by atoms with van der Waals surface area (Å²) in [6, 6.07) is 4.75. The number of aliphatic hydroxyl groups excluding tert-OH is 1. The molecule has 3 N–H and O–H groups in total. The summed E-state index contributed by atoms with van der Waals surface area (Å²) in [7, 11) is 0. The summed E-state index contributed by atoms with van der Waals surface area (Å²) in [4.78, 5) is 31.8. The Balaban J connectivity index is 0.00000240. The molecule has 9 heteroatoms. The SMILES string of the molecule is CC(C)[C@H](N)c1nc(C(=O)N2C[C@H]3C[C@@H](C2)[C@H](CO)n2c3cccc2=O)cs1.Cl. The van der Waals surface area contributed by atoms with Gasteiger partial charge in [-0.25, -0.2) is 4.98 Å². The minimum absolute atomic E-state index is 0. The molecule has 4 atom stereocenters. The Hall–Kier alpha value is -1.74. The molecule has 4 heterocycles. The van der Waals surface area contributed by atoms with Crippen LogP contribution in [0, 0.1) is 11.8 Å². The minimum Gasteiger partial charge on any atom is -0.394 e. The van der Waals surface area contributed by atoms with Gasteiger partial charge in [0.15, 0.2) is 0 Å². The average Bonchev–Trinajstić information content (AvgIpc) is 3.17. The Morgan fingerprint density at radius 1 is 1.38 bits per heavy atom. The zero-order valence-corrected chi connectivity index (χ0v) is 18.2. The first-order chi connectivity index (χ1) is 13.4. The first kappa shape index (κ1) is 22.0. The Morgan fingerprint density at radius 3 is 2.83 bits per heavy atom. The molecule has 0 saturated carbocycles. The number of pyridine rings is 1. The molecule has 4 rings (SSSR count). The third-order valence-corrected chi connectivity index (χ3v) is 6.96. The number of carbonyl (C=O) groups is 1. The van der Waals surface area contributed by atoms with Crippen molar-refractivity contribution in [1.29, 1.82) is 0 Å². The predicted octanol–water partition coefficient (Wildman–Crippen LogP) is 2.18. The number of piperidine rings is 1. The summed E-state index contributed by atoms with van der Waals surface area (Å²) in [5, 5.41) is 12.5. The highest BCUT2D eigenvalue weighted by Crippen LogP contribution is 2.41. The zero-order valence-electron chi connectivity index (χ0n) is 16.5. The molecular weight excluding hydrogens is 412 g/mol. The molecule has 1 saturated heterocycles. The van der Waals surface area contributed by atoms with Crippen molar-refractivity contribution in [2.75, 3.05) is 19.7 Å². The molecule has 0 aliphatic carbocycles. The van der Waals surface area contributed by atoms with E-state index in [2.05, 4.69) is 4.98 Å². The molecular formula is C20H27ClN4O3S. The molecule has 158 valence electrons. The van der Waals surface area contributed by atoms with Crippen molar-refractivity contribution in [3.05, 3.63) is 50.3 Å². The first-order valence-electron chi connectivity index (χ1n) is 9.73. The molecule has 0 aromatic carbocycles. The quantitative estimate of drug-likeness (QED) is 0.761. The van der Waals surface area contributed by atoms with E-state index in [1.807, 2.05) is 24.8 Å². The number of halogens is 1. The van der Waals surface area contributed by atoms with E-state index >= 15 is 0 Å². The fourth-order valence-electron chi connectivity index (χ4n) is 4.43. The van der Waals surface area contributed by atoms with E-state index in [0.717, 1.165) is 17.1 Å². The Morgan fingerprint density at radius 2 is 2.14 bits per heavy atom. The van der Waals surface area contributed by atoms with Gasteiger partial charge in [0.2, 0.25) is 0 Å². The van der Waals surface area contributed by atoms with Crippen molar-refractivity contribution in [3.8, 4) is 0 Å². The third-order valence-electron chi connectivity index (χ3n) is 6.02. The summed E-state index contributed by atoms with van der Waals surface area (Å²) in [6.45, 7) is 5.03. The standard InChI is InChI=1S/C20H26N4O3S.ClH/c1-11(2)18(21)19-22-14(10-28-19)20(27)23-7-12-6-13(8-23)16(9-25)24-15(12)4-3-5-17(24)26;/h3-5,10-13,16,18,25H,6-9,21H2,1-2H3;1H/t12-,13+,16+,18+;/m1./s1. The van der Waals surface area contributed by atoms with E-state index < -0.39 is 0 Å². The van der Waals surface area contributed by atoms with Gasteiger partial charge in [-0.1, -0.05) is 19.9 Å². The normalized spacial score (nSPS) is 24.0. The van der Waals surface area contributed by atoms with Gasteiger partial charge >= 0.3 is 0 Å². The molecule has 7 nitrogen and oxygen atoms in total. The Kier molecular flexibility index (Phi) is 6.48. The van der Waals surface area contributed by atoms with Crippen LogP contribution in [0.15, 0.2) is 28.4 Å². The van der Waals surface area contributed by atoms with Crippen LogP contribution in [0.1, 0.15) is 59.5 Å². The first-order valence-corrected chi connectivity index (χ1v) is 10.6. The van der Waals surface area contributed by atoms with Crippen molar-refractivity contribution < 1.29 is 9.90 Å². The highest BCUT2D eigenvalue weighted by Gasteiger charge is 2.42. The molecule has 2 aromatic heterocycles. The van der Waals surface area contributed by atoms with Crippen molar-refractivity contribution >= 4 is 29.7 Å². The highest BCUT2D eigenvalue weighted by atomic mass is 35.5. The molecule has 29 heavy (non-hydrogen) atoms. The summed E-state index contributed by atoms with van der Waals surface area (Å²) >= 11 is 1.43. The number of nitrogens with zero attached hydrogens (tertiary/aromatic N) is 3. The Labute approximate surface area is 180 Å². The average molecular weight is 439 g/mol. The largest absolute Gasteiger partial charge is 0.394 e. The lowest BCUT2D eigenvalue weighted by Crippen LogP contribution is -2.51. The topological polar surface area (TPSA) is 101 Å². The predicted molar refractivity (Wildman–Crippen MR) is 115 cm³/mol. The second-order valence-corrected chi connectivity index (χ2v) is 9.04. The highest BCUT2D eigenvalue weighted by molar-refractivity contribution is 7.09. The van der Waals surface area contributed by atoms with Gasteiger partial charge in [-0.2, -0.15) is 0 Å². The van der Waals surface area contributed by atoms with Crippen molar-refractivity contribution in [2.24, 2.45) is 17.6 Å². The maximum Gasteiger partial charge on any atom is 0.273 e. The number of carbonyl (C=O) groups excluding carboxylic acids is 1. The Bertz CT molecular complexity index is 944. The van der Waals surface area contributed by atoms with Crippen molar-refractivity contribution in [2.45, 2.75) is 38.3 Å². The van der Waals surface area contributed by atoms with Crippen LogP contribution in [0.2, 0.25) is 0 Å². The van der Waals surface area contributed by atoms with E-state index in [-0.39, 0.29) is 60.3 Å². The van der Waals surface area contributed by atoms with Crippen molar-refractivity contribution in [1.82, 2.24) is 14.5 Å². The minimum atomic E-state index is -0.295. The van der Waals surface area contributed by atoms with E-state index in [4.69, 9.17) is 5.73 Å². The third kappa shape index (κ3) is 3.86. The molecule has 1 amide bonds. The van der Waals surface area contributed by atoms with E-state index in [9.17, 15) is 14.7 Å². The molecule has 0 unspecified atom stereocenters. The number of aliphatic hydroxyl groups is 1. The fraction of sp³-hybridized carbons (Fsp3) is 0.550. The molecule has 0 spiro atoms. The van der Waals surface area contributed by atoms with Gasteiger partial charge in [0, 0.05) is 42.1 Å². The summed E-state index contributed by atoms with van der Waals surface area (Å²) in [6.07, 6.45) is 0.874. The van der Waals surface area contributed by atoms with Crippen LogP contribution >= 0.6 is 23.7 Å². The second kappa shape index (κ2) is 8.55. The van der Waals surface area contributed by atoms with E-state index in [1.54, 1.807) is 16.0 Å². The number of likely N-dealkylation sites (tertiary alicyclic amines) is 1. The van der Waals surface area contributed by atoms with Gasteiger partial charge in [0.05, 0.1) is 18.7 Å². The molecule has 0 radical (unpaired) electrons. The van der Waals surface area contributed by atoms with Gasteiger partial charge in [0.1, 0.15) is 10.7 Å². The van der Waals surface area contributed by atoms with E-state index in [0.29, 0.717) is 18.8 Å². The molecule has 2 aliphatic heterocycles. The van der Waals surface area contributed by atoms with Crippen LogP contribution in [-0.4, -0.2) is 45.2 Å². The molecule has 2 aromatic rings. The zero-order chi connectivity index (χ0) is 20.0. The van der Waals surface area contributed by atoms with Crippen LogP contribution in [0.25, 0.3) is 0 Å². The van der Waals surface area contributed by atoms with Crippen LogP contribution in [0.4, 0.5) is 0 Å². The monoisotopic (exact) mass is 438 g/mol. The number of amides is 1. The molecule has 2 aliphatic rings. The number of hydrogen-bond donors (Lipinski definition) is 2. The van der Waals surface area contributed by atoms with Crippen LogP contribution < -0.4 is 11.3 Å². The van der Waals surface area contributed by atoms with Crippen LogP contribution in [0.3, 0.4) is 0 Å². The van der Waals surface area contributed by atoms with Crippen molar-refractivity contribution in [3.63, 3.8) is 0 Å². The van der Waals surface area contributed by atoms with Gasteiger partial charge in [0.25, 0.3) is 11.5 Å². The fourth-order valence-corrected chi connectivity index (χ4v) is 5.40. The number of aromatic nitrogens is 2. The number of rotatable bonds is 4. The maximum atomic E-state index is 13.1. The summed E-state index contributed by atoms with van der Waals surface area (Å²) in [5.41, 5.74) is 7.42. The number of fused-ring (bicyclic) bond motifs is 4. The number of nitrogens with two attached hydrogens (primary N) is 1. The van der Waals surface area contributed by atoms with Crippen LogP contribution in [-0.2, 0) is 0 Å². The maximum absolute atomic E-state index is 13.1. The lowest BCUT2D eigenvalue weighted by molar-refractivity contribution is 0.0433. The summed E-state index contributed by atoms with van der Waals surface area (Å²) < 4.78 is 1.73. The van der Waals surface area contributed by atoms with E-state index in [1.165, 1.54) is 17.4 Å². The van der Waals surface area contributed by atoms with Gasteiger partial charge in [-0.3, -0.25) is 9.59 Å². The number of thiazole rings is 1. The lowest BCUT2D eigenvalue weighted by Gasteiger charge is -2.46. The lowest BCUT2D eigenvalue weighted by atomic mass is 9.78. The molecule has 2 bridgehead atoms.